The van der Waals surface area contributed by atoms with Gasteiger partial charge in [0.2, 0.25) is 5.91 Å². The van der Waals surface area contributed by atoms with Crippen LogP contribution in [0, 0.1) is 12.8 Å². The zero-order valence-electron chi connectivity index (χ0n) is 16.1. The monoisotopic (exact) mass is 358 g/mol. The Kier molecular flexibility index (Phi) is 6.30. The zero-order valence-corrected chi connectivity index (χ0v) is 16.1. The molecule has 1 unspecified atom stereocenters. The van der Waals surface area contributed by atoms with Crippen LogP contribution in [0.15, 0.2) is 24.3 Å². The van der Waals surface area contributed by atoms with E-state index < -0.39 is 0 Å². The van der Waals surface area contributed by atoms with Crippen molar-refractivity contribution < 1.29 is 14.5 Å². The Labute approximate surface area is 156 Å². The third-order valence-corrected chi connectivity index (χ3v) is 6.03. The molecule has 1 aromatic rings. The van der Waals surface area contributed by atoms with Crippen LogP contribution in [0.4, 0.5) is 5.69 Å². The van der Waals surface area contributed by atoms with Gasteiger partial charge in [0.05, 0.1) is 19.1 Å². The molecule has 3 atom stereocenters. The number of hydrogen-bond acceptors (Lipinski definition) is 2. The van der Waals surface area contributed by atoms with Crippen molar-refractivity contribution in [2.45, 2.75) is 51.5 Å². The fraction of sp³-hybridized carbons (Fsp3) is 0.619. The largest absolute Gasteiger partial charge is 0.332 e. The first-order chi connectivity index (χ1) is 12.5. The maximum atomic E-state index is 12.6. The van der Waals surface area contributed by atoms with E-state index in [9.17, 15) is 9.59 Å². The highest BCUT2D eigenvalue weighted by Gasteiger charge is 2.37. The van der Waals surface area contributed by atoms with Crippen LogP contribution in [0.5, 0.6) is 0 Å². The predicted molar refractivity (Wildman–Crippen MR) is 103 cm³/mol. The SMILES string of the molecule is Cc1ccc(NC(=O)CN(C)C(=O)C[NH+]2CCC[C@H]3CCCC[C@@H]32)cc1. The third kappa shape index (κ3) is 4.85. The molecule has 26 heavy (non-hydrogen) atoms. The van der Waals surface area contributed by atoms with Crippen LogP contribution >= 0.6 is 0 Å². The number of carbonyl (C=O) groups excluding carboxylic acids is 2. The Morgan fingerprint density at radius 1 is 1.12 bits per heavy atom. The second-order valence-corrected chi connectivity index (χ2v) is 8.04. The van der Waals surface area contributed by atoms with Crippen LogP contribution < -0.4 is 10.2 Å². The molecule has 1 saturated heterocycles. The van der Waals surface area contributed by atoms with Gasteiger partial charge >= 0.3 is 0 Å². The van der Waals surface area contributed by atoms with E-state index in [1.807, 2.05) is 31.2 Å². The van der Waals surface area contributed by atoms with E-state index >= 15 is 0 Å². The zero-order chi connectivity index (χ0) is 18.5. The van der Waals surface area contributed by atoms with Crippen molar-refractivity contribution in [3.05, 3.63) is 29.8 Å². The summed E-state index contributed by atoms with van der Waals surface area (Å²) in [5.74, 6) is 0.731. The molecule has 142 valence electrons. The number of carbonyl (C=O) groups is 2. The molecule has 0 radical (unpaired) electrons. The summed E-state index contributed by atoms with van der Waals surface area (Å²) in [5.41, 5.74) is 1.92. The van der Waals surface area contributed by atoms with E-state index in [0.717, 1.165) is 23.7 Å². The number of likely N-dealkylation sites (N-methyl/N-ethyl adjacent to an activating group) is 1. The number of quaternary nitrogens is 1. The molecule has 1 saturated carbocycles. The first-order valence-electron chi connectivity index (χ1n) is 9.98. The number of likely N-dealkylation sites (tertiary alicyclic amines) is 1. The second-order valence-electron chi connectivity index (χ2n) is 8.04. The fourth-order valence-electron chi connectivity index (χ4n) is 4.56. The average Bonchev–Trinajstić information content (AvgIpc) is 2.64. The Hall–Kier alpha value is -1.88. The molecule has 1 aliphatic carbocycles. The van der Waals surface area contributed by atoms with Gasteiger partial charge in [-0.3, -0.25) is 9.59 Å². The van der Waals surface area contributed by atoms with Gasteiger partial charge in [-0.2, -0.15) is 0 Å². The smallest absolute Gasteiger partial charge is 0.277 e. The standard InChI is InChI=1S/C21H31N3O2/c1-16-9-11-18(12-10-16)22-20(25)14-23(2)21(26)15-24-13-5-7-17-6-3-4-8-19(17)24/h9-12,17,19H,3-8,13-15H2,1-2H3,(H,22,25)/p+1/t17-,19+/m1/s1. The lowest BCUT2D eigenvalue weighted by Crippen LogP contribution is -3.18. The second kappa shape index (κ2) is 8.67. The number of rotatable bonds is 5. The first-order valence-corrected chi connectivity index (χ1v) is 9.98. The van der Waals surface area contributed by atoms with Crippen molar-refractivity contribution in [3.8, 4) is 0 Å². The third-order valence-electron chi connectivity index (χ3n) is 6.03. The van der Waals surface area contributed by atoms with E-state index in [0.29, 0.717) is 12.6 Å². The van der Waals surface area contributed by atoms with Crippen LogP contribution in [0.25, 0.3) is 0 Å². The lowest BCUT2D eigenvalue weighted by Gasteiger charge is -2.41. The maximum absolute atomic E-state index is 12.6. The van der Waals surface area contributed by atoms with Crippen LogP contribution in [-0.4, -0.2) is 49.4 Å². The summed E-state index contributed by atoms with van der Waals surface area (Å²) in [4.78, 5) is 27.9. The van der Waals surface area contributed by atoms with Crippen molar-refractivity contribution in [3.63, 3.8) is 0 Å². The number of benzene rings is 1. The summed E-state index contributed by atoms with van der Waals surface area (Å²) in [6.07, 6.45) is 7.79. The highest BCUT2D eigenvalue weighted by Crippen LogP contribution is 2.28. The number of aryl methyl sites for hydroxylation is 1. The van der Waals surface area contributed by atoms with Gasteiger partial charge in [-0.05, 0) is 51.2 Å². The fourth-order valence-corrected chi connectivity index (χ4v) is 4.56. The topological polar surface area (TPSA) is 53.9 Å². The summed E-state index contributed by atoms with van der Waals surface area (Å²) in [7, 11) is 1.73. The maximum Gasteiger partial charge on any atom is 0.277 e. The van der Waals surface area contributed by atoms with Gasteiger partial charge in [-0.1, -0.05) is 24.1 Å². The molecule has 1 aliphatic heterocycles. The quantitative estimate of drug-likeness (QED) is 0.841. The van der Waals surface area contributed by atoms with Gasteiger partial charge in [-0.15, -0.1) is 0 Å². The Morgan fingerprint density at radius 2 is 1.81 bits per heavy atom. The molecule has 0 bridgehead atoms. The lowest BCUT2D eigenvalue weighted by molar-refractivity contribution is -0.929. The molecule has 3 rings (SSSR count). The van der Waals surface area contributed by atoms with Gasteiger partial charge in [0.25, 0.3) is 5.91 Å². The first kappa shape index (κ1) is 18.9. The molecule has 1 aromatic carbocycles. The minimum Gasteiger partial charge on any atom is -0.332 e. The Balaban J connectivity index is 1.49. The number of amides is 2. The van der Waals surface area contributed by atoms with Crippen molar-refractivity contribution in [2.75, 3.05) is 32.0 Å². The number of nitrogens with one attached hydrogen (secondary N) is 2. The molecule has 2 fully saturated rings. The summed E-state index contributed by atoms with van der Waals surface area (Å²) in [6, 6.07) is 8.35. The minimum atomic E-state index is -0.145. The number of anilines is 1. The Bertz CT molecular complexity index is 627. The van der Waals surface area contributed by atoms with E-state index in [2.05, 4.69) is 5.32 Å². The number of nitrogens with zero attached hydrogens (tertiary/aromatic N) is 1. The number of hydrogen-bond donors (Lipinski definition) is 2. The molecular weight excluding hydrogens is 326 g/mol. The van der Waals surface area contributed by atoms with E-state index in [-0.39, 0.29) is 18.4 Å². The number of fused-ring (bicyclic) bond motifs is 1. The summed E-state index contributed by atoms with van der Waals surface area (Å²) in [6.45, 7) is 3.73. The van der Waals surface area contributed by atoms with Crippen molar-refractivity contribution in [2.24, 2.45) is 5.92 Å². The van der Waals surface area contributed by atoms with Gasteiger partial charge < -0.3 is 15.1 Å². The van der Waals surface area contributed by atoms with Gasteiger partial charge in [0.1, 0.15) is 0 Å². The molecule has 0 aromatic heterocycles. The van der Waals surface area contributed by atoms with Crippen LogP contribution in [0.3, 0.4) is 0 Å². The van der Waals surface area contributed by atoms with Crippen molar-refractivity contribution in [1.29, 1.82) is 0 Å². The molecule has 2 amide bonds. The highest BCUT2D eigenvalue weighted by molar-refractivity contribution is 5.94. The predicted octanol–water partition coefficient (Wildman–Crippen LogP) is 1.63. The van der Waals surface area contributed by atoms with Crippen LogP contribution in [0.2, 0.25) is 0 Å². The Morgan fingerprint density at radius 3 is 2.58 bits per heavy atom. The van der Waals surface area contributed by atoms with Gasteiger partial charge in [-0.25, -0.2) is 0 Å². The molecule has 1 heterocycles. The molecule has 5 nitrogen and oxygen atoms in total. The molecule has 5 heteroatoms. The number of piperidine rings is 1. The molecular formula is C21H32N3O2+. The molecule has 2 N–H and O–H groups in total. The van der Waals surface area contributed by atoms with E-state index in [4.69, 9.17) is 0 Å². The highest BCUT2D eigenvalue weighted by atomic mass is 16.2. The van der Waals surface area contributed by atoms with Crippen LogP contribution in [-0.2, 0) is 9.59 Å². The molecule has 0 spiro atoms. The average molecular weight is 359 g/mol. The van der Waals surface area contributed by atoms with Crippen molar-refractivity contribution in [1.82, 2.24) is 4.90 Å². The van der Waals surface area contributed by atoms with Crippen LogP contribution in [0.1, 0.15) is 44.1 Å². The molecule has 2 aliphatic rings. The van der Waals surface area contributed by atoms with E-state index in [1.165, 1.54) is 43.4 Å². The van der Waals surface area contributed by atoms with Crippen molar-refractivity contribution >= 4 is 17.5 Å². The summed E-state index contributed by atoms with van der Waals surface area (Å²) in [5, 5.41) is 2.86. The minimum absolute atomic E-state index is 0.0743. The normalized spacial score (nSPS) is 25.2. The summed E-state index contributed by atoms with van der Waals surface area (Å²) < 4.78 is 0. The van der Waals surface area contributed by atoms with Gasteiger partial charge in [0, 0.05) is 18.7 Å². The summed E-state index contributed by atoms with van der Waals surface area (Å²) >= 11 is 0. The lowest BCUT2D eigenvalue weighted by atomic mass is 9.78. The van der Waals surface area contributed by atoms with Gasteiger partial charge in [0.15, 0.2) is 6.54 Å². The van der Waals surface area contributed by atoms with E-state index in [1.54, 1.807) is 11.9 Å².